The van der Waals surface area contributed by atoms with Crippen LogP contribution in [-0.4, -0.2) is 32.8 Å². The van der Waals surface area contributed by atoms with Gasteiger partial charge in [-0.2, -0.15) is 5.10 Å². The number of carbonyl (C=O) groups excluding carboxylic acids is 1. The van der Waals surface area contributed by atoms with Crippen molar-refractivity contribution < 1.29 is 14.7 Å². The summed E-state index contributed by atoms with van der Waals surface area (Å²) in [6.07, 6.45) is 6.97. The molecule has 0 bridgehead atoms. The smallest absolute Gasteiger partial charge is 0.326 e. The molecule has 1 rings (SSSR count). The number of carbonyl (C=O) groups is 2. The lowest BCUT2D eigenvalue weighted by molar-refractivity contribution is -0.142. The molecule has 1 amide bonds. The summed E-state index contributed by atoms with van der Waals surface area (Å²) in [5.74, 6) is -1.55. The molecular formula is C13H19N3O3. The second-order valence-corrected chi connectivity index (χ2v) is 4.49. The molecule has 6 nitrogen and oxygen atoms in total. The van der Waals surface area contributed by atoms with Crippen LogP contribution in [0.25, 0.3) is 6.08 Å². The Kier molecular flexibility index (Phi) is 5.29. The van der Waals surface area contributed by atoms with Crippen molar-refractivity contribution in [3.63, 3.8) is 0 Å². The van der Waals surface area contributed by atoms with Gasteiger partial charge in [-0.15, -0.1) is 0 Å². The first-order valence-electron chi connectivity index (χ1n) is 6.14. The molecule has 104 valence electrons. The van der Waals surface area contributed by atoms with E-state index in [1.807, 2.05) is 6.92 Å². The first kappa shape index (κ1) is 14.9. The van der Waals surface area contributed by atoms with E-state index in [2.05, 4.69) is 10.4 Å². The van der Waals surface area contributed by atoms with Gasteiger partial charge in [-0.1, -0.05) is 20.3 Å². The van der Waals surface area contributed by atoms with Crippen LogP contribution < -0.4 is 5.32 Å². The van der Waals surface area contributed by atoms with Gasteiger partial charge in [0.25, 0.3) is 0 Å². The summed E-state index contributed by atoms with van der Waals surface area (Å²) >= 11 is 0. The number of aliphatic carboxylic acids is 1. The van der Waals surface area contributed by atoms with Crippen molar-refractivity contribution >= 4 is 18.0 Å². The van der Waals surface area contributed by atoms with Crippen LogP contribution >= 0.6 is 0 Å². The third kappa shape index (κ3) is 4.57. The molecule has 0 fully saturated rings. The number of nitrogens with zero attached hydrogens (tertiary/aromatic N) is 2. The molecule has 0 radical (unpaired) electrons. The maximum Gasteiger partial charge on any atom is 0.326 e. The van der Waals surface area contributed by atoms with E-state index in [4.69, 9.17) is 5.11 Å². The standard InChI is InChI=1S/C13H19N3O3/c1-4-9(2)12(13(18)19)15-11(17)6-5-10-7-14-16(3)8-10/h5-9,12H,4H2,1-3H3,(H,15,17)(H,18,19)/b6-5+/t9-,12-/m0/s1. The van der Waals surface area contributed by atoms with Crippen molar-refractivity contribution in [2.75, 3.05) is 0 Å². The molecule has 2 N–H and O–H groups in total. The molecule has 1 heterocycles. The zero-order valence-electron chi connectivity index (χ0n) is 11.3. The highest BCUT2D eigenvalue weighted by molar-refractivity contribution is 5.94. The molecule has 0 saturated heterocycles. The molecule has 0 aliphatic rings. The summed E-state index contributed by atoms with van der Waals surface area (Å²) in [6.45, 7) is 3.68. The zero-order valence-corrected chi connectivity index (χ0v) is 11.3. The maximum atomic E-state index is 11.7. The van der Waals surface area contributed by atoms with E-state index in [-0.39, 0.29) is 5.92 Å². The largest absolute Gasteiger partial charge is 0.480 e. The SMILES string of the molecule is CC[C@H](C)[C@H](NC(=O)/C=C/c1cnn(C)c1)C(=O)O. The lowest BCUT2D eigenvalue weighted by Gasteiger charge is -2.19. The lowest BCUT2D eigenvalue weighted by atomic mass is 9.99. The molecule has 2 atom stereocenters. The number of rotatable bonds is 6. The second-order valence-electron chi connectivity index (χ2n) is 4.49. The Labute approximate surface area is 112 Å². The van der Waals surface area contributed by atoms with Crippen molar-refractivity contribution in [2.24, 2.45) is 13.0 Å². The molecular weight excluding hydrogens is 246 g/mol. The van der Waals surface area contributed by atoms with Crippen LogP contribution in [0.15, 0.2) is 18.5 Å². The molecule has 0 unspecified atom stereocenters. The van der Waals surface area contributed by atoms with Crippen molar-refractivity contribution in [3.05, 3.63) is 24.0 Å². The molecule has 6 heteroatoms. The number of nitrogens with one attached hydrogen (secondary N) is 1. The Hall–Kier alpha value is -2.11. The highest BCUT2D eigenvalue weighted by Crippen LogP contribution is 2.08. The minimum atomic E-state index is -1.02. The Morgan fingerprint density at radius 3 is 2.74 bits per heavy atom. The highest BCUT2D eigenvalue weighted by Gasteiger charge is 2.24. The third-order valence-electron chi connectivity index (χ3n) is 2.93. The quantitative estimate of drug-likeness (QED) is 0.753. The van der Waals surface area contributed by atoms with Crippen LogP contribution in [0.1, 0.15) is 25.8 Å². The Balaban J connectivity index is 2.62. The van der Waals surface area contributed by atoms with Crippen molar-refractivity contribution in [1.82, 2.24) is 15.1 Å². The van der Waals surface area contributed by atoms with Crippen molar-refractivity contribution in [3.8, 4) is 0 Å². The number of carboxylic acids is 1. The fourth-order valence-electron chi connectivity index (χ4n) is 1.58. The molecule has 19 heavy (non-hydrogen) atoms. The number of hydrogen-bond acceptors (Lipinski definition) is 3. The predicted molar refractivity (Wildman–Crippen MR) is 71.3 cm³/mol. The van der Waals surface area contributed by atoms with Gasteiger partial charge in [0.1, 0.15) is 6.04 Å². The molecule has 1 aromatic heterocycles. The number of amides is 1. The Morgan fingerprint density at radius 2 is 2.26 bits per heavy atom. The average Bonchev–Trinajstić information content (AvgIpc) is 2.78. The van der Waals surface area contributed by atoms with Crippen molar-refractivity contribution in [2.45, 2.75) is 26.3 Å². The zero-order chi connectivity index (χ0) is 14.4. The minimum absolute atomic E-state index is 0.117. The summed E-state index contributed by atoms with van der Waals surface area (Å²) in [4.78, 5) is 22.7. The summed E-state index contributed by atoms with van der Waals surface area (Å²) in [5.41, 5.74) is 0.785. The first-order chi connectivity index (χ1) is 8.93. The van der Waals surface area contributed by atoms with E-state index in [0.717, 1.165) is 5.56 Å². The van der Waals surface area contributed by atoms with Gasteiger partial charge in [-0.25, -0.2) is 4.79 Å². The van der Waals surface area contributed by atoms with Gasteiger partial charge in [0, 0.05) is 24.9 Å². The van der Waals surface area contributed by atoms with E-state index in [1.54, 1.807) is 37.1 Å². The van der Waals surface area contributed by atoms with Gasteiger partial charge in [-0.05, 0) is 12.0 Å². The van der Waals surface area contributed by atoms with Crippen LogP contribution in [0.5, 0.6) is 0 Å². The minimum Gasteiger partial charge on any atom is -0.480 e. The molecule has 0 aliphatic carbocycles. The normalized spacial score (nSPS) is 14.3. The van der Waals surface area contributed by atoms with Gasteiger partial charge >= 0.3 is 5.97 Å². The van der Waals surface area contributed by atoms with E-state index >= 15 is 0 Å². The van der Waals surface area contributed by atoms with Gasteiger partial charge in [0.05, 0.1) is 6.20 Å². The summed E-state index contributed by atoms with van der Waals surface area (Å²) in [5, 5.41) is 15.5. The molecule has 0 spiro atoms. The lowest BCUT2D eigenvalue weighted by Crippen LogP contribution is -2.44. The van der Waals surface area contributed by atoms with Gasteiger partial charge in [-0.3, -0.25) is 9.48 Å². The summed E-state index contributed by atoms with van der Waals surface area (Å²) in [7, 11) is 1.78. The molecule has 0 saturated carbocycles. The Bertz CT molecular complexity index is 479. The highest BCUT2D eigenvalue weighted by atomic mass is 16.4. The van der Waals surface area contributed by atoms with Crippen LogP contribution in [0, 0.1) is 5.92 Å². The average molecular weight is 265 g/mol. The van der Waals surface area contributed by atoms with Crippen molar-refractivity contribution in [1.29, 1.82) is 0 Å². The number of hydrogen-bond donors (Lipinski definition) is 2. The van der Waals surface area contributed by atoms with Gasteiger partial charge in [0.2, 0.25) is 5.91 Å². The van der Waals surface area contributed by atoms with Crippen LogP contribution in [0.2, 0.25) is 0 Å². The van der Waals surface area contributed by atoms with E-state index in [1.165, 1.54) is 6.08 Å². The predicted octanol–water partition coefficient (Wildman–Crippen LogP) is 1.05. The molecule has 1 aromatic rings. The third-order valence-corrected chi connectivity index (χ3v) is 2.93. The van der Waals surface area contributed by atoms with E-state index in [0.29, 0.717) is 6.42 Å². The van der Waals surface area contributed by atoms with Crippen LogP contribution in [0.3, 0.4) is 0 Å². The molecule has 0 aromatic carbocycles. The van der Waals surface area contributed by atoms with E-state index < -0.39 is 17.9 Å². The summed E-state index contributed by atoms with van der Waals surface area (Å²) < 4.78 is 1.62. The summed E-state index contributed by atoms with van der Waals surface area (Å²) in [6, 6.07) is -0.865. The van der Waals surface area contributed by atoms with Gasteiger partial charge < -0.3 is 10.4 Å². The van der Waals surface area contributed by atoms with E-state index in [9.17, 15) is 9.59 Å². The topological polar surface area (TPSA) is 84.2 Å². The fourth-order valence-corrected chi connectivity index (χ4v) is 1.58. The fraction of sp³-hybridized carbons (Fsp3) is 0.462. The second kappa shape index (κ2) is 6.72. The van der Waals surface area contributed by atoms with Crippen LogP contribution in [-0.2, 0) is 16.6 Å². The molecule has 0 aliphatic heterocycles. The Morgan fingerprint density at radius 1 is 1.58 bits per heavy atom. The first-order valence-corrected chi connectivity index (χ1v) is 6.14. The van der Waals surface area contributed by atoms with Gasteiger partial charge in [0.15, 0.2) is 0 Å². The number of carboxylic acid groups (broad SMARTS) is 1. The number of aromatic nitrogens is 2. The monoisotopic (exact) mass is 265 g/mol. The maximum absolute atomic E-state index is 11.7. The van der Waals surface area contributed by atoms with Crippen LogP contribution in [0.4, 0.5) is 0 Å². The number of aryl methyl sites for hydroxylation is 1.